The van der Waals surface area contributed by atoms with Gasteiger partial charge in [0.1, 0.15) is 24.0 Å². The second-order valence-corrected chi connectivity index (χ2v) is 9.94. The normalized spacial score (nSPS) is 24.8. The Bertz CT molecular complexity index is 1450. The van der Waals surface area contributed by atoms with Crippen molar-refractivity contribution in [3.05, 3.63) is 83.0 Å². The fourth-order valence-corrected chi connectivity index (χ4v) is 4.96. The van der Waals surface area contributed by atoms with E-state index in [0.29, 0.717) is 16.3 Å². The lowest BCUT2D eigenvalue weighted by Gasteiger charge is -2.23. The lowest BCUT2D eigenvalue weighted by molar-refractivity contribution is -0.216. The van der Waals surface area contributed by atoms with Crippen molar-refractivity contribution in [1.29, 1.82) is 0 Å². The van der Waals surface area contributed by atoms with Gasteiger partial charge in [0.25, 0.3) is 0 Å². The molecule has 3 aromatic carbocycles. The van der Waals surface area contributed by atoms with Crippen LogP contribution in [0.25, 0.3) is 22.0 Å². The number of fused-ring (bicyclic) bond motifs is 2. The first kappa shape index (κ1) is 23.3. The fraction of sp³-hybridized carbons (Fsp3) is 0.296. The first-order valence-corrected chi connectivity index (χ1v) is 12.1. The molecular formula is C27H24ClN3O5. The summed E-state index contributed by atoms with van der Waals surface area (Å²) in [6.45, 7) is 3.71. The number of ketones is 1. The summed E-state index contributed by atoms with van der Waals surface area (Å²) < 4.78 is 19.2. The summed E-state index contributed by atoms with van der Waals surface area (Å²) in [5, 5.41) is 22.1. The molecule has 4 atom stereocenters. The Balaban J connectivity index is 1.39. The molecule has 0 amide bonds. The molecule has 0 aliphatic carbocycles. The molecule has 2 aliphatic rings. The predicted molar refractivity (Wildman–Crippen MR) is 133 cm³/mol. The van der Waals surface area contributed by atoms with E-state index in [1.807, 2.05) is 42.5 Å². The van der Waals surface area contributed by atoms with E-state index in [1.165, 1.54) is 0 Å². The van der Waals surface area contributed by atoms with Crippen LogP contribution in [0.3, 0.4) is 0 Å². The fourth-order valence-electron chi connectivity index (χ4n) is 4.83. The molecule has 0 radical (unpaired) electrons. The lowest BCUT2D eigenvalue weighted by atomic mass is 10.00. The van der Waals surface area contributed by atoms with Gasteiger partial charge in [-0.2, -0.15) is 0 Å². The summed E-state index contributed by atoms with van der Waals surface area (Å²) in [5.74, 6) is -1.11. The van der Waals surface area contributed by atoms with Crippen LogP contribution in [-0.4, -0.2) is 56.3 Å². The highest BCUT2D eigenvalue weighted by molar-refractivity contribution is 6.30. The average molecular weight is 506 g/mol. The Morgan fingerprint density at radius 2 is 1.81 bits per heavy atom. The minimum Gasteiger partial charge on any atom is -0.387 e. The summed E-state index contributed by atoms with van der Waals surface area (Å²) >= 11 is 6.01. The number of benzene rings is 3. The largest absolute Gasteiger partial charge is 0.387 e. The number of carbonyl (C=O) groups excluding carboxylic acids is 1. The van der Waals surface area contributed by atoms with Crippen LogP contribution in [0.4, 0.5) is 0 Å². The van der Waals surface area contributed by atoms with Gasteiger partial charge in [-0.25, -0.2) is 4.68 Å². The van der Waals surface area contributed by atoms with Crippen LogP contribution in [0.15, 0.2) is 66.7 Å². The number of aliphatic hydroxyl groups excluding tert-OH is 1. The molecule has 2 aliphatic heterocycles. The Morgan fingerprint density at radius 3 is 2.56 bits per heavy atom. The van der Waals surface area contributed by atoms with Gasteiger partial charge in [0.05, 0.1) is 6.54 Å². The van der Waals surface area contributed by atoms with Crippen molar-refractivity contribution in [2.45, 2.75) is 50.8 Å². The summed E-state index contributed by atoms with van der Waals surface area (Å²) in [4.78, 5) is 13.5. The van der Waals surface area contributed by atoms with E-state index >= 15 is 0 Å². The highest BCUT2D eigenvalue weighted by Gasteiger charge is 2.54. The van der Waals surface area contributed by atoms with E-state index in [-0.39, 0.29) is 18.0 Å². The average Bonchev–Trinajstić information content (AvgIpc) is 3.50. The van der Waals surface area contributed by atoms with Crippen molar-refractivity contribution in [3.63, 3.8) is 0 Å². The van der Waals surface area contributed by atoms with E-state index in [2.05, 4.69) is 10.3 Å². The number of carbonyl (C=O) groups is 1. The molecule has 0 spiro atoms. The standard InChI is InChI=1S/C27H24ClN3O5/c1-27(2)35-25-24(33)20(34-26(25)36-27)14-31-22(18-8-7-15-5-3-4-6-17(15)13-18)21(29-30-31)23(32)16-9-11-19(28)12-10-16/h3-13,20,24-26,33H,14H2,1-2H3/t20-,24+,25-,26-/m1/s1. The molecule has 3 heterocycles. The molecule has 2 saturated heterocycles. The maximum absolute atomic E-state index is 13.5. The molecule has 8 nitrogen and oxygen atoms in total. The first-order chi connectivity index (χ1) is 17.3. The van der Waals surface area contributed by atoms with Crippen LogP contribution in [0.2, 0.25) is 5.02 Å². The third-order valence-corrected chi connectivity index (χ3v) is 6.80. The van der Waals surface area contributed by atoms with Gasteiger partial charge in [-0.3, -0.25) is 4.79 Å². The number of aromatic nitrogens is 3. The summed E-state index contributed by atoms with van der Waals surface area (Å²) in [5.41, 5.74) is 1.96. The zero-order chi connectivity index (χ0) is 25.0. The van der Waals surface area contributed by atoms with E-state index < -0.39 is 30.4 Å². The Kier molecular flexibility index (Phi) is 5.66. The topological polar surface area (TPSA) is 95.7 Å². The van der Waals surface area contributed by atoms with Gasteiger partial charge in [0, 0.05) is 16.1 Å². The number of halogens is 1. The van der Waals surface area contributed by atoms with E-state index in [0.717, 1.165) is 16.3 Å². The Hall–Kier alpha value is -3.14. The van der Waals surface area contributed by atoms with Crippen molar-refractivity contribution in [2.24, 2.45) is 0 Å². The molecule has 9 heteroatoms. The summed E-state index contributed by atoms with van der Waals surface area (Å²) in [6.07, 6.45) is -2.87. The van der Waals surface area contributed by atoms with E-state index in [9.17, 15) is 9.90 Å². The zero-order valence-electron chi connectivity index (χ0n) is 19.7. The Morgan fingerprint density at radius 1 is 1.06 bits per heavy atom. The monoisotopic (exact) mass is 505 g/mol. The number of ether oxygens (including phenoxy) is 3. The SMILES string of the molecule is CC1(C)O[C@H]2O[C@H](Cn3nnc(C(=O)c4ccc(Cl)cc4)c3-c3ccc4ccccc4c3)[C@H](O)[C@H]2O1. The maximum atomic E-state index is 13.5. The van der Waals surface area contributed by atoms with E-state index in [1.54, 1.807) is 42.8 Å². The summed E-state index contributed by atoms with van der Waals surface area (Å²) in [6, 6.07) is 20.6. The van der Waals surface area contributed by atoms with Gasteiger partial charge in [0.2, 0.25) is 5.78 Å². The molecule has 0 saturated carbocycles. The third kappa shape index (κ3) is 4.11. The molecule has 184 valence electrons. The number of nitrogens with zero attached hydrogens (tertiary/aromatic N) is 3. The second kappa shape index (κ2) is 8.76. The van der Waals surface area contributed by atoms with Crippen molar-refractivity contribution in [1.82, 2.24) is 15.0 Å². The van der Waals surface area contributed by atoms with Crippen LogP contribution in [-0.2, 0) is 20.8 Å². The van der Waals surface area contributed by atoms with Crippen LogP contribution < -0.4 is 0 Å². The molecule has 2 fully saturated rings. The van der Waals surface area contributed by atoms with E-state index in [4.69, 9.17) is 25.8 Å². The van der Waals surface area contributed by atoms with Gasteiger partial charge in [0.15, 0.2) is 17.8 Å². The van der Waals surface area contributed by atoms with Gasteiger partial charge < -0.3 is 19.3 Å². The number of rotatable bonds is 5. The quantitative estimate of drug-likeness (QED) is 0.406. The Labute approximate surface area is 212 Å². The molecular weight excluding hydrogens is 482 g/mol. The number of aliphatic hydroxyl groups is 1. The van der Waals surface area contributed by atoms with Gasteiger partial charge in [-0.15, -0.1) is 5.10 Å². The van der Waals surface area contributed by atoms with Crippen LogP contribution in [0, 0.1) is 0 Å². The summed E-state index contributed by atoms with van der Waals surface area (Å²) in [7, 11) is 0. The highest BCUT2D eigenvalue weighted by Crippen LogP contribution is 2.38. The number of hydrogen-bond acceptors (Lipinski definition) is 7. The lowest BCUT2D eigenvalue weighted by Crippen LogP contribution is -2.36. The maximum Gasteiger partial charge on any atom is 0.215 e. The molecule has 1 N–H and O–H groups in total. The van der Waals surface area contributed by atoms with Crippen LogP contribution >= 0.6 is 11.6 Å². The predicted octanol–water partition coefficient (Wildman–Crippen LogP) is 4.22. The van der Waals surface area contributed by atoms with Crippen LogP contribution in [0.5, 0.6) is 0 Å². The van der Waals surface area contributed by atoms with Gasteiger partial charge in [-0.05, 0) is 55.0 Å². The molecule has 0 unspecified atom stereocenters. The second-order valence-electron chi connectivity index (χ2n) is 9.50. The minimum atomic E-state index is -0.930. The van der Waals surface area contributed by atoms with Crippen molar-refractivity contribution in [3.8, 4) is 11.3 Å². The van der Waals surface area contributed by atoms with Crippen molar-refractivity contribution in [2.75, 3.05) is 0 Å². The van der Waals surface area contributed by atoms with Gasteiger partial charge >= 0.3 is 0 Å². The molecule has 0 bridgehead atoms. The molecule has 6 rings (SSSR count). The molecule has 4 aromatic rings. The van der Waals surface area contributed by atoms with Crippen molar-refractivity contribution >= 4 is 28.2 Å². The zero-order valence-corrected chi connectivity index (χ0v) is 20.4. The highest BCUT2D eigenvalue weighted by atomic mass is 35.5. The first-order valence-electron chi connectivity index (χ1n) is 11.7. The number of hydrogen-bond donors (Lipinski definition) is 1. The van der Waals surface area contributed by atoms with Crippen molar-refractivity contribution < 1.29 is 24.1 Å². The van der Waals surface area contributed by atoms with Gasteiger partial charge in [-0.1, -0.05) is 53.2 Å². The van der Waals surface area contributed by atoms with Crippen LogP contribution in [0.1, 0.15) is 29.9 Å². The third-order valence-electron chi connectivity index (χ3n) is 6.55. The minimum absolute atomic E-state index is 0.157. The smallest absolute Gasteiger partial charge is 0.215 e. The molecule has 36 heavy (non-hydrogen) atoms. The molecule has 1 aromatic heterocycles.